The molecule has 2 heterocycles. The van der Waals surface area contributed by atoms with Crippen LogP contribution in [-0.2, 0) is 0 Å². The number of aryl methyl sites for hydroxylation is 1. The Hall–Kier alpha value is -2.73. The monoisotopic (exact) mass is 421 g/mol. The number of urea groups is 1. The Labute approximate surface area is 186 Å². The van der Waals surface area contributed by atoms with Gasteiger partial charge >= 0.3 is 6.03 Å². The smallest absolute Gasteiger partial charge is 0.323 e. The van der Waals surface area contributed by atoms with Gasteiger partial charge in [-0.05, 0) is 94.7 Å². The predicted molar refractivity (Wildman–Crippen MR) is 131 cm³/mol. The summed E-state index contributed by atoms with van der Waals surface area (Å²) in [5, 5.41) is 5.91. The second-order valence-corrected chi connectivity index (χ2v) is 9.03. The van der Waals surface area contributed by atoms with E-state index < -0.39 is 0 Å². The number of piperidine rings is 1. The van der Waals surface area contributed by atoms with E-state index in [0.29, 0.717) is 6.04 Å². The minimum absolute atomic E-state index is 0.216. The molecule has 6 heteroatoms. The summed E-state index contributed by atoms with van der Waals surface area (Å²) in [6.07, 6.45) is 5.03. The molecular weight excluding hydrogens is 386 g/mol. The molecule has 0 spiro atoms. The standard InChI is InChI=1S/C25H35N5O/c1-19-17-21(9-12-24(19)29-14-5-4-6-15-29)27-25(31)26-20-7-10-22(11-8-20)30-16-13-23(18-30)28(2)3/h7-12,17,23H,4-6,13-16,18H2,1-3H3,(H2,26,27,31). The maximum atomic E-state index is 12.5. The Morgan fingerprint density at radius 1 is 0.903 bits per heavy atom. The number of carbonyl (C=O) groups excluding carboxylic acids is 1. The van der Waals surface area contributed by atoms with Gasteiger partial charge in [0.15, 0.2) is 0 Å². The van der Waals surface area contributed by atoms with E-state index in [0.717, 1.165) is 37.6 Å². The largest absolute Gasteiger partial charge is 0.371 e. The van der Waals surface area contributed by atoms with Gasteiger partial charge in [0.25, 0.3) is 0 Å². The number of hydrogen-bond acceptors (Lipinski definition) is 4. The van der Waals surface area contributed by atoms with E-state index in [1.165, 1.54) is 42.6 Å². The number of nitrogens with zero attached hydrogens (tertiary/aromatic N) is 3. The zero-order valence-corrected chi connectivity index (χ0v) is 19.0. The molecule has 2 fully saturated rings. The third-order valence-corrected chi connectivity index (χ3v) is 6.54. The Morgan fingerprint density at radius 2 is 1.58 bits per heavy atom. The number of anilines is 4. The summed E-state index contributed by atoms with van der Waals surface area (Å²) in [6.45, 7) is 6.48. The highest BCUT2D eigenvalue weighted by Crippen LogP contribution is 2.27. The molecule has 0 aromatic heterocycles. The zero-order valence-electron chi connectivity index (χ0n) is 19.0. The number of hydrogen-bond donors (Lipinski definition) is 2. The molecule has 1 atom stereocenters. The van der Waals surface area contributed by atoms with Gasteiger partial charge in [0.2, 0.25) is 0 Å². The topological polar surface area (TPSA) is 50.9 Å². The SMILES string of the molecule is Cc1cc(NC(=O)Nc2ccc(N3CCC(N(C)C)C3)cc2)ccc1N1CCCCC1. The molecule has 2 N–H and O–H groups in total. The summed E-state index contributed by atoms with van der Waals surface area (Å²) in [6, 6.07) is 14.7. The number of benzene rings is 2. The summed E-state index contributed by atoms with van der Waals surface area (Å²) in [7, 11) is 4.28. The van der Waals surface area contributed by atoms with Crippen LogP contribution in [0.1, 0.15) is 31.2 Å². The second kappa shape index (κ2) is 9.60. The van der Waals surface area contributed by atoms with Crippen molar-refractivity contribution in [3.8, 4) is 0 Å². The van der Waals surface area contributed by atoms with Gasteiger partial charge in [-0.1, -0.05) is 0 Å². The molecule has 4 rings (SSSR count). The van der Waals surface area contributed by atoms with Crippen LogP contribution in [-0.4, -0.2) is 57.2 Å². The predicted octanol–water partition coefficient (Wildman–Crippen LogP) is 4.77. The summed E-state index contributed by atoms with van der Waals surface area (Å²) >= 11 is 0. The number of likely N-dealkylation sites (N-methyl/N-ethyl adjacent to an activating group) is 1. The van der Waals surface area contributed by atoms with Crippen LogP contribution >= 0.6 is 0 Å². The lowest BCUT2D eigenvalue weighted by atomic mass is 10.1. The van der Waals surface area contributed by atoms with Crippen molar-refractivity contribution in [2.45, 2.75) is 38.6 Å². The van der Waals surface area contributed by atoms with Crippen LogP contribution < -0.4 is 20.4 Å². The van der Waals surface area contributed by atoms with E-state index in [9.17, 15) is 4.79 Å². The van der Waals surface area contributed by atoms with Crippen LogP contribution in [0.4, 0.5) is 27.5 Å². The lowest BCUT2D eigenvalue weighted by Crippen LogP contribution is -2.31. The molecule has 0 saturated carbocycles. The van der Waals surface area contributed by atoms with Gasteiger partial charge in [0.1, 0.15) is 0 Å². The van der Waals surface area contributed by atoms with Crippen molar-refractivity contribution in [2.75, 3.05) is 60.7 Å². The molecule has 2 aliphatic rings. The first-order chi connectivity index (χ1) is 15.0. The fourth-order valence-corrected chi connectivity index (χ4v) is 4.67. The highest BCUT2D eigenvalue weighted by molar-refractivity contribution is 6.00. The van der Waals surface area contributed by atoms with Crippen LogP contribution in [0.15, 0.2) is 42.5 Å². The molecule has 0 radical (unpaired) electrons. The van der Waals surface area contributed by atoms with E-state index >= 15 is 0 Å². The van der Waals surface area contributed by atoms with E-state index in [4.69, 9.17) is 0 Å². The molecule has 0 bridgehead atoms. The normalized spacial score (nSPS) is 19.0. The molecule has 166 valence electrons. The van der Waals surface area contributed by atoms with E-state index in [1.54, 1.807) is 0 Å². The Kier molecular flexibility index (Phi) is 6.66. The summed E-state index contributed by atoms with van der Waals surface area (Å²) < 4.78 is 0. The van der Waals surface area contributed by atoms with Gasteiger partial charge in [-0.3, -0.25) is 0 Å². The maximum absolute atomic E-state index is 12.5. The number of carbonyl (C=O) groups is 1. The van der Waals surface area contributed by atoms with Crippen molar-refractivity contribution < 1.29 is 4.79 Å². The van der Waals surface area contributed by atoms with Crippen molar-refractivity contribution in [2.24, 2.45) is 0 Å². The molecule has 6 nitrogen and oxygen atoms in total. The highest BCUT2D eigenvalue weighted by atomic mass is 16.2. The molecule has 2 aromatic rings. The molecular formula is C25H35N5O. The van der Waals surface area contributed by atoms with Gasteiger partial charge in [-0.2, -0.15) is 0 Å². The van der Waals surface area contributed by atoms with Gasteiger partial charge in [-0.15, -0.1) is 0 Å². The van der Waals surface area contributed by atoms with Crippen molar-refractivity contribution in [3.63, 3.8) is 0 Å². The lowest BCUT2D eigenvalue weighted by molar-refractivity contribution is 0.262. The van der Waals surface area contributed by atoms with E-state index in [1.807, 2.05) is 18.2 Å². The first-order valence-electron chi connectivity index (χ1n) is 11.4. The average molecular weight is 422 g/mol. The molecule has 1 unspecified atom stereocenters. The second-order valence-electron chi connectivity index (χ2n) is 9.03. The minimum atomic E-state index is -0.216. The minimum Gasteiger partial charge on any atom is -0.371 e. The zero-order chi connectivity index (χ0) is 21.8. The van der Waals surface area contributed by atoms with Crippen molar-refractivity contribution in [3.05, 3.63) is 48.0 Å². The van der Waals surface area contributed by atoms with Crippen LogP contribution in [0.5, 0.6) is 0 Å². The van der Waals surface area contributed by atoms with Crippen LogP contribution in [0, 0.1) is 6.92 Å². The molecule has 2 saturated heterocycles. The van der Waals surface area contributed by atoms with Crippen molar-refractivity contribution in [1.82, 2.24) is 4.90 Å². The summed E-state index contributed by atoms with van der Waals surface area (Å²) in [4.78, 5) is 19.6. The van der Waals surface area contributed by atoms with Gasteiger partial charge in [0, 0.05) is 55.0 Å². The van der Waals surface area contributed by atoms with Gasteiger partial charge in [-0.25, -0.2) is 4.79 Å². The highest BCUT2D eigenvalue weighted by Gasteiger charge is 2.24. The van der Waals surface area contributed by atoms with Gasteiger partial charge < -0.3 is 25.3 Å². The Morgan fingerprint density at radius 3 is 2.23 bits per heavy atom. The van der Waals surface area contributed by atoms with Crippen molar-refractivity contribution in [1.29, 1.82) is 0 Å². The number of amides is 2. The fraction of sp³-hybridized carbons (Fsp3) is 0.480. The molecule has 2 amide bonds. The third-order valence-electron chi connectivity index (χ3n) is 6.54. The first kappa shape index (κ1) is 21.5. The number of nitrogens with one attached hydrogen (secondary N) is 2. The lowest BCUT2D eigenvalue weighted by Gasteiger charge is -2.30. The van der Waals surface area contributed by atoms with Crippen LogP contribution in [0.3, 0.4) is 0 Å². The third kappa shape index (κ3) is 5.31. The maximum Gasteiger partial charge on any atom is 0.323 e. The van der Waals surface area contributed by atoms with E-state index in [-0.39, 0.29) is 6.03 Å². The Balaban J connectivity index is 1.32. The van der Waals surface area contributed by atoms with Crippen LogP contribution in [0.25, 0.3) is 0 Å². The van der Waals surface area contributed by atoms with E-state index in [2.05, 4.69) is 70.6 Å². The molecule has 2 aromatic carbocycles. The first-order valence-corrected chi connectivity index (χ1v) is 11.4. The molecule has 0 aliphatic carbocycles. The average Bonchev–Trinajstić information content (AvgIpc) is 3.26. The number of rotatable bonds is 5. The summed E-state index contributed by atoms with van der Waals surface area (Å²) in [5.74, 6) is 0. The van der Waals surface area contributed by atoms with Crippen LogP contribution in [0.2, 0.25) is 0 Å². The summed E-state index contributed by atoms with van der Waals surface area (Å²) in [5.41, 5.74) is 5.30. The molecule has 31 heavy (non-hydrogen) atoms. The van der Waals surface area contributed by atoms with Gasteiger partial charge in [0.05, 0.1) is 0 Å². The molecule has 2 aliphatic heterocycles. The fourth-order valence-electron chi connectivity index (χ4n) is 4.67. The quantitative estimate of drug-likeness (QED) is 0.730. The Bertz CT molecular complexity index is 889. The van der Waals surface area contributed by atoms with Crippen molar-refractivity contribution >= 4 is 28.8 Å².